The van der Waals surface area contributed by atoms with Crippen molar-refractivity contribution in [2.24, 2.45) is 0 Å². The van der Waals surface area contributed by atoms with Crippen molar-refractivity contribution >= 4 is 103 Å². The number of hydrogen-bond donors (Lipinski definition) is 0. The number of aromatic nitrogens is 1. The molecule has 3 nitrogen and oxygen atoms in total. The SMILES string of the molecule is c1ccc(-n2c3ccccc3c3cc(N(c4cccc5c4sc4cc6ccccc6cc45)c4cccc5oc6ccccc6c45)ccc32)cc1. The number of anilines is 3. The average Bonchev–Trinajstić information content (AvgIpc) is 3.84. The lowest BCUT2D eigenvalue weighted by molar-refractivity contribution is 0.669. The van der Waals surface area contributed by atoms with Crippen LogP contribution >= 0.6 is 11.3 Å². The summed E-state index contributed by atoms with van der Waals surface area (Å²) in [5, 5.41) is 9.75. The minimum Gasteiger partial charge on any atom is -0.456 e. The van der Waals surface area contributed by atoms with Crippen LogP contribution in [-0.2, 0) is 0 Å². The predicted molar refractivity (Wildman–Crippen MR) is 213 cm³/mol. The van der Waals surface area contributed by atoms with Crippen LogP contribution in [0.15, 0.2) is 174 Å². The Kier molecular flexibility index (Phi) is 5.83. The van der Waals surface area contributed by atoms with E-state index in [1.807, 2.05) is 17.4 Å². The second kappa shape index (κ2) is 10.6. The van der Waals surface area contributed by atoms with Gasteiger partial charge >= 0.3 is 0 Å². The third-order valence-corrected chi connectivity index (χ3v) is 11.3. The first kappa shape index (κ1) is 27.6. The van der Waals surface area contributed by atoms with Gasteiger partial charge in [-0.2, -0.15) is 0 Å². The molecule has 0 radical (unpaired) electrons. The maximum atomic E-state index is 6.45. The number of hydrogen-bond acceptors (Lipinski definition) is 3. The topological polar surface area (TPSA) is 21.3 Å². The molecular formula is C46H28N2OS. The first-order valence-electron chi connectivity index (χ1n) is 16.9. The van der Waals surface area contributed by atoms with E-state index in [0.29, 0.717) is 0 Å². The van der Waals surface area contributed by atoms with Crippen LogP contribution in [0.25, 0.3) is 80.4 Å². The van der Waals surface area contributed by atoms with E-state index in [0.717, 1.165) is 44.7 Å². The highest BCUT2D eigenvalue weighted by atomic mass is 32.1. The Bertz CT molecular complexity index is 3110. The monoisotopic (exact) mass is 656 g/mol. The van der Waals surface area contributed by atoms with E-state index < -0.39 is 0 Å². The molecule has 0 spiro atoms. The van der Waals surface area contributed by atoms with Crippen LogP contribution in [0.3, 0.4) is 0 Å². The summed E-state index contributed by atoms with van der Waals surface area (Å²) in [5.74, 6) is 0. The molecule has 0 saturated carbocycles. The Morgan fingerprint density at radius 3 is 2.04 bits per heavy atom. The van der Waals surface area contributed by atoms with E-state index in [9.17, 15) is 0 Å². The second-order valence-corrected chi connectivity index (χ2v) is 14.0. The van der Waals surface area contributed by atoms with Crippen LogP contribution in [0, 0.1) is 0 Å². The molecule has 11 rings (SSSR count). The van der Waals surface area contributed by atoms with Crippen LogP contribution < -0.4 is 4.90 Å². The fourth-order valence-electron chi connectivity index (χ4n) is 7.95. The molecule has 3 heterocycles. The van der Waals surface area contributed by atoms with Gasteiger partial charge in [0.15, 0.2) is 0 Å². The molecule has 0 unspecified atom stereocenters. The summed E-state index contributed by atoms with van der Waals surface area (Å²) in [7, 11) is 0. The zero-order valence-corrected chi connectivity index (χ0v) is 27.7. The first-order chi connectivity index (χ1) is 24.8. The van der Waals surface area contributed by atoms with Crippen LogP contribution in [0.1, 0.15) is 0 Å². The molecule has 0 saturated heterocycles. The van der Waals surface area contributed by atoms with Crippen LogP contribution in [0.4, 0.5) is 17.1 Å². The van der Waals surface area contributed by atoms with E-state index in [1.165, 1.54) is 52.8 Å². The normalized spacial score (nSPS) is 12.0. The zero-order chi connectivity index (χ0) is 32.8. The maximum absolute atomic E-state index is 6.45. The summed E-state index contributed by atoms with van der Waals surface area (Å²) in [6.07, 6.45) is 0. The van der Waals surface area contributed by atoms with Crippen molar-refractivity contribution in [3.05, 3.63) is 170 Å². The van der Waals surface area contributed by atoms with Crippen molar-refractivity contribution in [3.63, 3.8) is 0 Å². The van der Waals surface area contributed by atoms with Crippen LogP contribution in [0.2, 0.25) is 0 Å². The maximum Gasteiger partial charge on any atom is 0.137 e. The summed E-state index contributed by atoms with van der Waals surface area (Å²) >= 11 is 1.87. The first-order valence-corrected chi connectivity index (χ1v) is 17.7. The number of benzene rings is 8. The molecule has 4 heteroatoms. The molecule has 0 aliphatic carbocycles. The third kappa shape index (κ3) is 3.97. The predicted octanol–water partition coefficient (Wildman–Crippen LogP) is 13.7. The number of rotatable bonds is 4. The number of nitrogens with zero attached hydrogens (tertiary/aromatic N) is 2. The molecule has 0 bridgehead atoms. The molecule has 3 aromatic heterocycles. The largest absolute Gasteiger partial charge is 0.456 e. The lowest BCUT2D eigenvalue weighted by Gasteiger charge is -2.27. The summed E-state index contributed by atoms with van der Waals surface area (Å²) in [4.78, 5) is 2.45. The van der Waals surface area contributed by atoms with Crippen LogP contribution in [0.5, 0.6) is 0 Å². The quantitative estimate of drug-likeness (QED) is 0.188. The Morgan fingerprint density at radius 2 is 1.14 bits per heavy atom. The molecule has 234 valence electrons. The van der Waals surface area contributed by atoms with Gasteiger partial charge in [-0.1, -0.05) is 97.1 Å². The van der Waals surface area contributed by atoms with E-state index in [1.54, 1.807) is 0 Å². The van der Waals surface area contributed by atoms with Crippen LogP contribution in [-0.4, -0.2) is 4.57 Å². The van der Waals surface area contributed by atoms with Crippen molar-refractivity contribution in [1.82, 2.24) is 4.57 Å². The second-order valence-electron chi connectivity index (χ2n) is 12.9. The Morgan fingerprint density at radius 1 is 0.460 bits per heavy atom. The highest BCUT2D eigenvalue weighted by Crippen LogP contribution is 2.49. The molecule has 0 atom stereocenters. The van der Waals surface area contributed by atoms with Gasteiger partial charge in [-0.3, -0.25) is 0 Å². The molecule has 11 aromatic rings. The highest BCUT2D eigenvalue weighted by Gasteiger charge is 2.23. The van der Waals surface area contributed by atoms with E-state index >= 15 is 0 Å². The van der Waals surface area contributed by atoms with Crippen molar-refractivity contribution in [3.8, 4) is 5.69 Å². The minimum absolute atomic E-state index is 0.880. The number of thiophene rings is 1. The minimum atomic E-state index is 0.880. The van der Waals surface area contributed by atoms with Gasteiger partial charge in [0.25, 0.3) is 0 Å². The van der Waals surface area contributed by atoms with Gasteiger partial charge < -0.3 is 13.9 Å². The standard InChI is InChI=1S/C46H28N2OS/c1-2-14-31(15-3-1)47-38-19-8-6-16-33(38)36-28-32(24-25-39(36)47)48(40-20-11-23-43-45(40)35-17-7-9-22-42(35)49-43)41-21-10-18-34-37-26-29-12-4-5-13-30(29)27-44(37)50-46(34)41/h1-28H. The van der Waals surface area contributed by atoms with Gasteiger partial charge in [-0.25, -0.2) is 0 Å². The molecule has 0 N–H and O–H groups in total. The van der Waals surface area contributed by atoms with Gasteiger partial charge in [0, 0.05) is 43.0 Å². The third-order valence-electron chi connectivity index (χ3n) is 10.1. The molecule has 0 fully saturated rings. The fraction of sp³-hybridized carbons (Fsp3) is 0. The Labute approximate surface area is 291 Å². The van der Waals surface area contributed by atoms with Crippen molar-refractivity contribution in [1.29, 1.82) is 0 Å². The molecule has 50 heavy (non-hydrogen) atoms. The van der Waals surface area contributed by atoms with Gasteiger partial charge in [0.05, 0.1) is 32.5 Å². The summed E-state index contributed by atoms with van der Waals surface area (Å²) < 4.78 is 11.4. The number of para-hydroxylation sites is 3. The Balaban J connectivity index is 1.24. The lowest BCUT2D eigenvalue weighted by Crippen LogP contribution is -2.10. The van der Waals surface area contributed by atoms with Gasteiger partial charge in [0.1, 0.15) is 11.2 Å². The lowest BCUT2D eigenvalue weighted by atomic mass is 10.0. The van der Waals surface area contributed by atoms with Crippen molar-refractivity contribution in [2.75, 3.05) is 4.90 Å². The number of fused-ring (bicyclic) bond motifs is 10. The van der Waals surface area contributed by atoms with E-state index in [-0.39, 0.29) is 0 Å². The summed E-state index contributed by atoms with van der Waals surface area (Å²) in [6.45, 7) is 0. The van der Waals surface area contributed by atoms with Crippen molar-refractivity contribution < 1.29 is 4.42 Å². The summed E-state index contributed by atoms with van der Waals surface area (Å²) in [6, 6.07) is 61.3. The Hall–Kier alpha value is -6.36. The highest BCUT2D eigenvalue weighted by molar-refractivity contribution is 7.26. The van der Waals surface area contributed by atoms with Gasteiger partial charge in [-0.05, 0) is 83.6 Å². The summed E-state index contributed by atoms with van der Waals surface area (Å²) in [5.41, 5.74) is 8.64. The molecule has 0 amide bonds. The fourth-order valence-corrected chi connectivity index (χ4v) is 9.19. The smallest absolute Gasteiger partial charge is 0.137 e. The number of furan rings is 1. The molecule has 0 aliphatic rings. The zero-order valence-electron chi connectivity index (χ0n) is 26.9. The molecular weight excluding hydrogens is 629 g/mol. The molecule has 8 aromatic carbocycles. The van der Waals surface area contributed by atoms with Gasteiger partial charge in [-0.15, -0.1) is 11.3 Å². The van der Waals surface area contributed by atoms with E-state index in [2.05, 4.69) is 173 Å². The average molecular weight is 657 g/mol. The van der Waals surface area contributed by atoms with E-state index in [4.69, 9.17) is 4.42 Å². The van der Waals surface area contributed by atoms with Gasteiger partial charge in [0.2, 0.25) is 0 Å². The van der Waals surface area contributed by atoms with Crippen molar-refractivity contribution in [2.45, 2.75) is 0 Å². The molecule has 0 aliphatic heterocycles.